The van der Waals surface area contributed by atoms with Crippen molar-refractivity contribution >= 4 is 39.3 Å². The minimum atomic E-state index is -0.430. The first-order valence-corrected chi connectivity index (χ1v) is 9.00. The van der Waals surface area contributed by atoms with Crippen LogP contribution in [0.1, 0.15) is 5.56 Å². The van der Waals surface area contributed by atoms with Crippen LogP contribution >= 0.6 is 23.1 Å². The summed E-state index contributed by atoms with van der Waals surface area (Å²) < 4.78 is 4.77. The summed E-state index contributed by atoms with van der Waals surface area (Å²) in [6, 6.07) is 10.0. The lowest BCUT2D eigenvalue weighted by molar-refractivity contribution is -0.139. The molecule has 1 aromatic carbocycles. The standard InChI is InChI=1S/C17H13N3O2S2/c1-11-2-4-12(5-3-11)13-8-23-16-15(13)17(20-10-19-16)24-9-14(21)22-7-6-18/h2-5,8,10H,7,9H2,1H3. The maximum Gasteiger partial charge on any atom is 0.317 e. The van der Waals surface area contributed by atoms with Crippen molar-refractivity contribution < 1.29 is 9.53 Å². The van der Waals surface area contributed by atoms with E-state index in [9.17, 15) is 4.79 Å². The van der Waals surface area contributed by atoms with Crippen molar-refractivity contribution in [1.82, 2.24) is 9.97 Å². The molecule has 0 aliphatic heterocycles. The van der Waals surface area contributed by atoms with E-state index in [-0.39, 0.29) is 12.4 Å². The summed E-state index contributed by atoms with van der Waals surface area (Å²) in [7, 11) is 0. The predicted octanol–water partition coefficient (Wildman–Crippen LogP) is 3.83. The Bertz CT molecular complexity index is 914. The molecule has 0 bridgehead atoms. The van der Waals surface area contributed by atoms with Gasteiger partial charge in [0, 0.05) is 10.9 Å². The molecule has 0 atom stereocenters. The number of hydrogen-bond acceptors (Lipinski definition) is 7. The van der Waals surface area contributed by atoms with Crippen LogP contribution in [0, 0.1) is 18.3 Å². The highest BCUT2D eigenvalue weighted by Gasteiger charge is 2.15. The molecule has 0 amide bonds. The zero-order chi connectivity index (χ0) is 16.9. The number of esters is 1. The van der Waals surface area contributed by atoms with E-state index in [1.54, 1.807) is 17.4 Å². The lowest BCUT2D eigenvalue weighted by Crippen LogP contribution is -2.07. The van der Waals surface area contributed by atoms with Crippen LogP contribution in [0.25, 0.3) is 21.3 Å². The zero-order valence-electron chi connectivity index (χ0n) is 12.9. The Hall–Kier alpha value is -2.43. The van der Waals surface area contributed by atoms with Gasteiger partial charge in [0.25, 0.3) is 0 Å². The number of fused-ring (bicyclic) bond motifs is 1. The molecule has 0 fully saturated rings. The summed E-state index contributed by atoms with van der Waals surface area (Å²) in [4.78, 5) is 21.1. The van der Waals surface area contributed by atoms with Crippen LogP contribution in [0.5, 0.6) is 0 Å². The molecule has 24 heavy (non-hydrogen) atoms. The van der Waals surface area contributed by atoms with Crippen molar-refractivity contribution in [2.75, 3.05) is 12.4 Å². The molecule has 2 aromatic heterocycles. The van der Waals surface area contributed by atoms with Crippen LogP contribution in [-0.4, -0.2) is 28.3 Å². The molecular formula is C17H13N3O2S2. The number of thioether (sulfide) groups is 1. The van der Waals surface area contributed by atoms with Gasteiger partial charge in [-0.3, -0.25) is 4.79 Å². The minimum absolute atomic E-state index is 0.108. The Morgan fingerprint density at radius 3 is 2.88 bits per heavy atom. The van der Waals surface area contributed by atoms with Gasteiger partial charge in [-0.05, 0) is 12.5 Å². The Labute approximate surface area is 147 Å². The molecule has 3 aromatic rings. The number of rotatable bonds is 5. The number of nitriles is 1. The summed E-state index contributed by atoms with van der Waals surface area (Å²) >= 11 is 2.85. The van der Waals surface area contributed by atoms with Crippen LogP contribution in [0.4, 0.5) is 0 Å². The number of carbonyl (C=O) groups is 1. The first kappa shape index (κ1) is 16.4. The molecule has 0 aliphatic rings. The molecule has 2 heterocycles. The van der Waals surface area contributed by atoms with Crippen LogP contribution in [0.15, 0.2) is 41.0 Å². The van der Waals surface area contributed by atoms with E-state index in [1.165, 1.54) is 23.7 Å². The molecule has 7 heteroatoms. The third-order valence-corrected chi connectivity index (χ3v) is 5.17. The fourth-order valence-corrected chi connectivity index (χ4v) is 3.98. The van der Waals surface area contributed by atoms with Gasteiger partial charge in [0.15, 0.2) is 6.61 Å². The molecular weight excluding hydrogens is 342 g/mol. The highest BCUT2D eigenvalue weighted by molar-refractivity contribution is 8.00. The fourth-order valence-electron chi connectivity index (χ4n) is 2.18. The molecule has 5 nitrogen and oxygen atoms in total. The average molecular weight is 355 g/mol. The summed E-state index contributed by atoms with van der Waals surface area (Å²) in [6.07, 6.45) is 1.50. The SMILES string of the molecule is Cc1ccc(-c2csc3ncnc(SCC(=O)OCC#N)c23)cc1. The zero-order valence-corrected chi connectivity index (χ0v) is 14.5. The lowest BCUT2D eigenvalue weighted by atomic mass is 10.1. The van der Waals surface area contributed by atoms with Gasteiger partial charge in [0.1, 0.15) is 22.3 Å². The van der Waals surface area contributed by atoms with Gasteiger partial charge >= 0.3 is 5.97 Å². The van der Waals surface area contributed by atoms with E-state index in [0.717, 1.165) is 26.4 Å². The number of ether oxygens (including phenoxy) is 1. The number of aryl methyl sites for hydroxylation is 1. The van der Waals surface area contributed by atoms with Crippen LogP contribution in [0.3, 0.4) is 0 Å². The maximum atomic E-state index is 11.6. The third-order valence-electron chi connectivity index (χ3n) is 3.32. The van der Waals surface area contributed by atoms with Crippen LogP contribution in [0.2, 0.25) is 0 Å². The smallest absolute Gasteiger partial charge is 0.317 e. The first-order valence-electron chi connectivity index (χ1n) is 7.13. The van der Waals surface area contributed by atoms with E-state index in [1.807, 2.05) is 6.92 Å². The molecule has 0 saturated carbocycles. The van der Waals surface area contributed by atoms with Gasteiger partial charge in [-0.25, -0.2) is 9.97 Å². The van der Waals surface area contributed by atoms with E-state index in [4.69, 9.17) is 10.00 Å². The van der Waals surface area contributed by atoms with Crippen molar-refractivity contribution in [3.63, 3.8) is 0 Å². The molecule has 3 rings (SSSR count). The number of carbonyl (C=O) groups excluding carboxylic acids is 1. The van der Waals surface area contributed by atoms with Crippen molar-refractivity contribution in [1.29, 1.82) is 5.26 Å². The Morgan fingerprint density at radius 2 is 2.12 bits per heavy atom. The number of aromatic nitrogens is 2. The van der Waals surface area contributed by atoms with E-state index in [2.05, 4.69) is 39.6 Å². The summed E-state index contributed by atoms with van der Waals surface area (Å²) in [5.74, 6) is -0.322. The molecule has 0 radical (unpaired) electrons. The van der Waals surface area contributed by atoms with Crippen molar-refractivity contribution in [3.05, 3.63) is 41.5 Å². The van der Waals surface area contributed by atoms with Gasteiger partial charge in [0.2, 0.25) is 0 Å². The largest absolute Gasteiger partial charge is 0.450 e. The van der Waals surface area contributed by atoms with Crippen LogP contribution in [-0.2, 0) is 9.53 Å². The number of nitrogens with zero attached hydrogens (tertiary/aromatic N) is 3. The van der Waals surface area contributed by atoms with Gasteiger partial charge in [0.05, 0.1) is 11.1 Å². The minimum Gasteiger partial charge on any atom is -0.450 e. The van der Waals surface area contributed by atoms with Gasteiger partial charge < -0.3 is 4.74 Å². The first-order chi connectivity index (χ1) is 11.7. The Morgan fingerprint density at radius 1 is 1.33 bits per heavy atom. The molecule has 0 N–H and O–H groups in total. The molecule has 120 valence electrons. The topological polar surface area (TPSA) is 75.9 Å². The number of benzene rings is 1. The lowest BCUT2D eigenvalue weighted by Gasteiger charge is -2.05. The maximum absolute atomic E-state index is 11.6. The summed E-state index contributed by atoms with van der Waals surface area (Å²) in [5.41, 5.74) is 3.35. The van der Waals surface area contributed by atoms with Gasteiger partial charge in [-0.15, -0.1) is 11.3 Å². The molecule has 0 unspecified atom stereocenters. The highest BCUT2D eigenvalue weighted by atomic mass is 32.2. The van der Waals surface area contributed by atoms with Crippen molar-refractivity contribution in [2.45, 2.75) is 11.9 Å². The number of thiophene rings is 1. The van der Waals surface area contributed by atoms with E-state index >= 15 is 0 Å². The van der Waals surface area contributed by atoms with Gasteiger partial charge in [-0.2, -0.15) is 5.26 Å². The van der Waals surface area contributed by atoms with Crippen LogP contribution < -0.4 is 0 Å². The number of hydrogen-bond donors (Lipinski definition) is 0. The highest BCUT2D eigenvalue weighted by Crippen LogP contribution is 2.37. The fraction of sp³-hybridized carbons (Fsp3) is 0.176. The molecule has 0 spiro atoms. The normalized spacial score (nSPS) is 10.5. The second kappa shape index (κ2) is 7.43. The Balaban J connectivity index is 1.91. The van der Waals surface area contributed by atoms with Gasteiger partial charge in [-0.1, -0.05) is 41.6 Å². The van der Waals surface area contributed by atoms with Crippen molar-refractivity contribution in [2.24, 2.45) is 0 Å². The summed E-state index contributed by atoms with van der Waals surface area (Å²) in [6.45, 7) is 1.82. The quantitative estimate of drug-likeness (QED) is 0.393. The second-order valence-electron chi connectivity index (χ2n) is 4.98. The second-order valence-corrected chi connectivity index (χ2v) is 6.80. The monoisotopic (exact) mass is 355 g/mol. The average Bonchev–Trinajstić information content (AvgIpc) is 3.03. The molecule has 0 saturated heterocycles. The molecule has 0 aliphatic carbocycles. The van der Waals surface area contributed by atoms with Crippen molar-refractivity contribution in [3.8, 4) is 17.2 Å². The van der Waals surface area contributed by atoms with E-state index in [0.29, 0.717) is 0 Å². The Kier molecular flexibility index (Phi) is 5.08. The predicted molar refractivity (Wildman–Crippen MR) is 94.9 cm³/mol. The summed E-state index contributed by atoms with van der Waals surface area (Å²) in [5, 5.41) is 12.2. The third kappa shape index (κ3) is 3.55. The van der Waals surface area contributed by atoms with E-state index < -0.39 is 5.97 Å².